The number of piperidine rings is 1. The predicted octanol–water partition coefficient (Wildman–Crippen LogP) is 1.34. The molecular weight excluding hydrogens is 358 g/mol. The minimum absolute atomic E-state index is 0.0164. The van der Waals surface area contributed by atoms with E-state index in [4.69, 9.17) is 5.73 Å². The Morgan fingerprint density at radius 3 is 2.48 bits per heavy atom. The van der Waals surface area contributed by atoms with Crippen molar-refractivity contribution in [1.82, 2.24) is 9.62 Å². The number of thioether (sulfide) groups is 1. The number of carbonyl (C=O) groups is 1. The number of benzene rings is 1. The molecule has 0 saturated carbocycles. The van der Waals surface area contributed by atoms with Gasteiger partial charge in [0.2, 0.25) is 15.9 Å². The van der Waals surface area contributed by atoms with Crippen LogP contribution < -0.4 is 11.1 Å². The quantitative estimate of drug-likeness (QED) is 0.739. The zero-order valence-corrected chi connectivity index (χ0v) is 16.4. The van der Waals surface area contributed by atoms with E-state index in [2.05, 4.69) is 5.32 Å². The molecule has 1 aliphatic rings. The molecule has 3 N–H and O–H groups in total. The van der Waals surface area contributed by atoms with E-state index in [-0.39, 0.29) is 11.9 Å². The van der Waals surface area contributed by atoms with E-state index in [0.29, 0.717) is 37.2 Å². The molecule has 6 nitrogen and oxygen atoms in total. The van der Waals surface area contributed by atoms with Crippen LogP contribution in [0.2, 0.25) is 0 Å². The predicted molar refractivity (Wildman–Crippen MR) is 102 cm³/mol. The average molecular weight is 386 g/mol. The molecule has 1 aromatic rings. The summed E-state index contributed by atoms with van der Waals surface area (Å²) in [4.78, 5) is 12.4. The molecule has 0 unspecified atom stereocenters. The number of carbonyl (C=O) groups excluding carboxylic acids is 1. The monoisotopic (exact) mass is 385 g/mol. The van der Waals surface area contributed by atoms with Crippen molar-refractivity contribution in [2.24, 2.45) is 5.73 Å². The molecule has 8 heteroatoms. The van der Waals surface area contributed by atoms with Crippen LogP contribution in [-0.2, 0) is 14.8 Å². The number of amides is 1. The first kappa shape index (κ1) is 20.2. The second kappa shape index (κ2) is 9.02. The molecule has 2 rings (SSSR count). The summed E-state index contributed by atoms with van der Waals surface area (Å²) in [5, 5.41) is 2.95. The van der Waals surface area contributed by atoms with Crippen LogP contribution in [-0.4, -0.2) is 55.8 Å². The second-order valence-electron chi connectivity index (χ2n) is 6.39. The fourth-order valence-electron chi connectivity index (χ4n) is 2.78. The normalized spacial score (nSPS) is 18.0. The van der Waals surface area contributed by atoms with Crippen molar-refractivity contribution >= 4 is 27.7 Å². The van der Waals surface area contributed by atoms with Crippen LogP contribution in [0, 0.1) is 6.92 Å². The molecule has 1 amide bonds. The number of hydrogen-bond donors (Lipinski definition) is 2. The van der Waals surface area contributed by atoms with Gasteiger partial charge in [-0.3, -0.25) is 4.79 Å². The zero-order valence-electron chi connectivity index (χ0n) is 14.8. The van der Waals surface area contributed by atoms with Gasteiger partial charge < -0.3 is 11.1 Å². The van der Waals surface area contributed by atoms with Crippen LogP contribution in [0.15, 0.2) is 29.2 Å². The van der Waals surface area contributed by atoms with Crippen molar-refractivity contribution < 1.29 is 13.2 Å². The Labute approximate surface area is 154 Å². The number of nitrogens with one attached hydrogen (secondary N) is 1. The molecule has 1 aromatic carbocycles. The summed E-state index contributed by atoms with van der Waals surface area (Å²) < 4.78 is 26.8. The van der Waals surface area contributed by atoms with E-state index in [1.54, 1.807) is 36.0 Å². The van der Waals surface area contributed by atoms with E-state index in [1.165, 1.54) is 4.31 Å². The maximum absolute atomic E-state index is 12.7. The Balaban J connectivity index is 1.88. The summed E-state index contributed by atoms with van der Waals surface area (Å²) >= 11 is 1.66. The largest absolute Gasteiger partial charge is 0.352 e. The van der Waals surface area contributed by atoms with Gasteiger partial charge in [0, 0.05) is 19.1 Å². The van der Waals surface area contributed by atoms with Crippen molar-refractivity contribution in [3.63, 3.8) is 0 Å². The molecule has 1 saturated heterocycles. The fraction of sp³-hybridized carbons (Fsp3) is 0.588. The highest BCUT2D eigenvalue weighted by atomic mass is 32.2. The zero-order chi connectivity index (χ0) is 18.4. The summed E-state index contributed by atoms with van der Waals surface area (Å²) in [5.74, 6) is 0.704. The first-order valence-electron chi connectivity index (χ1n) is 8.46. The van der Waals surface area contributed by atoms with E-state index in [0.717, 1.165) is 11.3 Å². The third kappa shape index (κ3) is 5.44. The fourth-order valence-corrected chi connectivity index (χ4v) is 4.74. The average Bonchev–Trinajstić information content (AvgIpc) is 2.60. The van der Waals surface area contributed by atoms with Gasteiger partial charge in [0.15, 0.2) is 0 Å². The van der Waals surface area contributed by atoms with Gasteiger partial charge in [0.1, 0.15) is 0 Å². The molecule has 0 spiro atoms. The molecule has 140 valence electrons. The number of nitrogens with zero attached hydrogens (tertiary/aromatic N) is 1. The molecular formula is C17H27N3O3S2. The maximum Gasteiger partial charge on any atom is 0.243 e. The molecule has 1 aliphatic heterocycles. The van der Waals surface area contributed by atoms with Crippen LogP contribution in [0.25, 0.3) is 0 Å². The Hall–Kier alpha value is -1.09. The van der Waals surface area contributed by atoms with Gasteiger partial charge >= 0.3 is 0 Å². The first-order chi connectivity index (χ1) is 11.8. The molecule has 1 heterocycles. The minimum atomic E-state index is -3.47. The molecule has 1 atom stereocenters. The van der Waals surface area contributed by atoms with Crippen LogP contribution >= 0.6 is 11.8 Å². The molecule has 0 bridgehead atoms. The van der Waals surface area contributed by atoms with Gasteiger partial charge in [-0.05, 0) is 50.3 Å². The number of nitrogens with two attached hydrogens (primary N) is 1. The number of aryl methyl sites for hydroxylation is 1. The summed E-state index contributed by atoms with van der Waals surface area (Å²) in [6, 6.07) is 6.37. The third-order valence-corrected chi connectivity index (χ3v) is 6.99. The highest BCUT2D eigenvalue weighted by Crippen LogP contribution is 2.21. The lowest BCUT2D eigenvalue weighted by atomic mass is 10.1. The van der Waals surface area contributed by atoms with Gasteiger partial charge in [-0.15, -0.1) is 0 Å². The van der Waals surface area contributed by atoms with Gasteiger partial charge in [-0.1, -0.05) is 17.7 Å². The van der Waals surface area contributed by atoms with Crippen molar-refractivity contribution in [2.75, 3.05) is 25.1 Å². The summed E-state index contributed by atoms with van der Waals surface area (Å²) in [6.07, 6.45) is 3.83. The topological polar surface area (TPSA) is 92.5 Å². The third-order valence-electron chi connectivity index (χ3n) is 4.43. The molecule has 1 fully saturated rings. The van der Waals surface area contributed by atoms with Crippen LogP contribution in [0.4, 0.5) is 0 Å². The standard InChI is InChI=1S/C17H27N3O3S2/c1-13-3-5-15(6-4-13)25(22,23)20-10-7-14(8-11-20)19-17(21)16(18)9-12-24-2/h3-6,14,16H,7-12,18H2,1-2H3,(H,19,21)/t16-/m0/s1. The van der Waals surface area contributed by atoms with Crippen LogP contribution in [0.5, 0.6) is 0 Å². The van der Waals surface area contributed by atoms with Gasteiger partial charge in [0.25, 0.3) is 0 Å². The van der Waals surface area contributed by atoms with Crippen LogP contribution in [0.3, 0.4) is 0 Å². The second-order valence-corrected chi connectivity index (χ2v) is 9.31. The lowest BCUT2D eigenvalue weighted by Crippen LogP contribution is -2.50. The number of hydrogen-bond acceptors (Lipinski definition) is 5. The molecule has 0 aromatic heterocycles. The summed E-state index contributed by atoms with van der Waals surface area (Å²) in [5.41, 5.74) is 6.90. The SMILES string of the molecule is CSCC[C@H](N)C(=O)NC1CCN(S(=O)(=O)c2ccc(C)cc2)CC1. The maximum atomic E-state index is 12.7. The van der Waals surface area contributed by atoms with E-state index in [9.17, 15) is 13.2 Å². The smallest absolute Gasteiger partial charge is 0.243 e. The van der Waals surface area contributed by atoms with Crippen molar-refractivity contribution in [3.8, 4) is 0 Å². The van der Waals surface area contributed by atoms with Crippen molar-refractivity contribution in [3.05, 3.63) is 29.8 Å². The Bertz CT molecular complexity index is 669. The minimum Gasteiger partial charge on any atom is -0.352 e. The van der Waals surface area contributed by atoms with E-state index in [1.807, 2.05) is 13.2 Å². The van der Waals surface area contributed by atoms with Crippen LogP contribution in [0.1, 0.15) is 24.8 Å². The van der Waals surface area contributed by atoms with E-state index >= 15 is 0 Å². The highest BCUT2D eigenvalue weighted by Gasteiger charge is 2.30. The number of rotatable bonds is 7. The summed E-state index contributed by atoms with van der Waals surface area (Å²) in [6.45, 7) is 2.73. The Kier molecular flexibility index (Phi) is 7.30. The lowest BCUT2D eigenvalue weighted by molar-refractivity contribution is -0.123. The molecule has 25 heavy (non-hydrogen) atoms. The van der Waals surface area contributed by atoms with Crippen molar-refractivity contribution in [1.29, 1.82) is 0 Å². The van der Waals surface area contributed by atoms with E-state index < -0.39 is 16.1 Å². The van der Waals surface area contributed by atoms with Gasteiger partial charge in [-0.25, -0.2) is 8.42 Å². The lowest BCUT2D eigenvalue weighted by Gasteiger charge is -2.32. The van der Waals surface area contributed by atoms with Gasteiger partial charge in [0.05, 0.1) is 10.9 Å². The van der Waals surface area contributed by atoms with Crippen molar-refractivity contribution in [2.45, 2.75) is 43.2 Å². The highest BCUT2D eigenvalue weighted by molar-refractivity contribution is 7.98. The summed E-state index contributed by atoms with van der Waals surface area (Å²) in [7, 11) is -3.47. The molecule has 0 aliphatic carbocycles. The Morgan fingerprint density at radius 2 is 1.92 bits per heavy atom. The number of sulfonamides is 1. The Morgan fingerprint density at radius 1 is 1.32 bits per heavy atom. The van der Waals surface area contributed by atoms with Gasteiger partial charge in [-0.2, -0.15) is 16.1 Å². The molecule has 0 radical (unpaired) electrons. The first-order valence-corrected chi connectivity index (χ1v) is 11.3.